The Morgan fingerprint density at radius 1 is 0.889 bits per heavy atom. The van der Waals surface area contributed by atoms with Gasteiger partial charge in [0.1, 0.15) is 0 Å². The molecule has 0 unspecified atom stereocenters. The van der Waals surface area contributed by atoms with E-state index in [1.165, 1.54) is 0 Å². The highest BCUT2D eigenvalue weighted by molar-refractivity contribution is 9.15. The van der Waals surface area contributed by atoms with E-state index in [1.54, 1.807) is 18.3 Å². The van der Waals surface area contributed by atoms with Crippen molar-refractivity contribution in [2.24, 2.45) is 0 Å². The van der Waals surface area contributed by atoms with Gasteiger partial charge in [-0.2, -0.15) is 0 Å². The summed E-state index contributed by atoms with van der Waals surface area (Å²) in [5.74, 6) is -0.122. The molecule has 0 saturated carbocycles. The van der Waals surface area contributed by atoms with Gasteiger partial charge in [0.2, 0.25) is 0 Å². The largest absolute Gasteiger partial charge is 0.327 e. The Morgan fingerprint density at radius 2 is 1.39 bits per heavy atom. The van der Waals surface area contributed by atoms with Crippen LogP contribution in [0.25, 0.3) is 4.48 Å². The van der Waals surface area contributed by atoms with Gasteiger partial charge in [-0.05, 0) is 33.6 Å². The molecule has 90 valence electrons. The molecule has 0 fully saturated rings. The lowest BCUT2D eigenvalue weighted by Crippen LogP contribution is -2.17. The van der Waals surface area contributed by atoms with E-state index in [4.69, 9.17) is 0 Å². The fourth-order valence-electron chi connectivity index (χ4n) is 1.48. The number of hydrogen-bond acceptors (Lipinski definition) is 1. The lowest BCUT2D eigenvalue weighted by Gasteiger charge is -2.02. The zero-order valence-electron chi connectivity index (χ0n) is 9.64. The minimum atomic E-state index is -0.122. The highest BCUT2D eigenvalue weighted by Gasteiger charge is 2.02. The van der Waals surface area contributed by atoms with E-state index in [2.05, 4.69) is 21.2 Å². The second-order valence-electron chi connectivity index (χ2n) is 3.70. The fraction of sp³-hybridized carbons (Fsp3) is 0. The number of rotatable bonds is 3. The van der Waals surface area contributed by atoms with Crippen LogP contribution in [0.5, 0.6) is 0 Å². The first-order valence-electron chi connectivity index (χ1n) is 5.54. The van der Waals surface area contributed by atoms with Crippen molar-refractivity contribution in [3.8, 4) is 0 Å². The van der Waals surface area contributed by atoms with Crippen molar-refractivity contribution in [2.75, 3.05) is 0 Å². The molecule has 0 aliphatic carbocycles. The maximum absolute atomic E-state index is 11.8. The molecule has 0 radical (unpaired) electrons. The second-order valence-corrected chi connectivity index (χ2v) is 4.55. The molecule has 2 aromatic carbocycles. The molecule has 2 aromatic rings. The number of carbonyl (C=O) groups excluding carboxylic acids is 1. The van der Waals surface area contributed by atoms with Gasteiger partial charge in [0.15, 0.2) is 0 Å². The molecule has 0 spiro atoms. The average Bonchev–Trinajstić information content (AvgIpc) is 2.46. The number of hydrogen-bond donors (Lipinski definition) is 1. The van der Waals surface area contributed by atoms with E-state index >= 15 is 0 Å². The van der Waals surface area contributed by atoms with Crippen LogP contribution in [0.1, 0.15) is 15.9 Å². The molecule has 1 N–H and O–H groups in total. The third kappa shape index (κ3) is 3.31. The molecule has 0 aliphatic heterocycles. The van der Waals surface area contributed by atoms with Gasteiger partial charge >= 0.3 is 0 Å². The summed E-state index contributed by atoms with van der Waals surface area (Å²) in [5.41, 5.74) is 1.66. The normalized spacial score (nSPS) is 11.1. The van der Waals surface area contributed by atoms with Crippen LogP contribution >= 0.6 is 15.9 Å². The van der Waals surface area contributed by atoms with Crippen LogP contribution in [-0.2, 0) is 0 Å². The molecular weight excluding hydrogens is 290 g/mol. The van der Waals surface area contributed by atoms with Gasteiger partial charge in [0, 0.05) is 16.2 Å². The summed E-state index contributed by atoms with van der Waals surface area (Å²) < 4.78 is 0.840. The quantitative estimate of drug-likeness (QED) is 0.918. The van der Waals surface area contributed by atoms with Gasteiger partial charge in [0.25, 0.3) is 5.91 Å². The first-order chi connectivity index (χ1) is 8.77. The summed E-state index contributed by atoms with van der Waals surface area (Å²) in [6, 6.07) is 18.9. The predicted molar refractivity (Wildman–Crippen MR) is 77.3 cm³/mol. The van der Waals surface area contributed by atoms with Crippen LogP contribution < -0.4 is 5.32 Å². The molecule has 0 aromatic heterocycles. The lowest BCUT2D eigenvalue weighted by atomic mass is 10.2. The highest BCUT2D eigenvalue weighted by Crippen LogP contribution is 2.19. The average molecular weight is 302 g/mol. The van der Waals surface area contributed by atoms with Gasteiger partial charge < -0.3 is 5.32 Å². The van der Waals surface area contributed by atoms with Gasteiger partial charge in [-0.1, -0.05) is 48.5 Å². The first kappa shape index (κ1) is 12.6. The monoisotopic (exact) mass is 301 g/mol. The first-order valence-corrected chi connectivity index (χ1v) is 6.33. The van der Waals surface area contributed by atoms with Crippen LogP contribution in [0.2, 0.25) is 0 Å². The highest BCUT2D eigenvalue weighted by atomic mass is 79.9. The molecule has 0 aliphatic rings. The molecule has 2 nitrogen and oxygen atoms in total. The van der Waals surface area contributed by atoms with Crippen molar-refractivity contribution >= 4 is 26.3 Å². The molecule has 2 rings (SSSR count). The zero-order chi connectivity index (χ0) is 12.8. The lowest BCUT2D eigenvalue weighted by molar-refractivity contribution is 0.0970. The van der Waals surface area contributed by atoms with E-state index in [-0.39, 0.29) is 5.91 Å². The summed E-state index contributed by atoms with van der Waals surface area (Å²) in [4.78, 5) is 11.8. The summed E-state index contributed by atoms with van der Waals surface area (Å²) in [6.07, 6.45) is 1.66. The minimum absolute atomic E-state index is 0.122. The molecule has 0 bridgehead atoms. The maximum Gasteiger partial charge on any atom is 0.255 e. The minimum Gasteiger partial charge on any atom is -0.327 e. The van der Waals surface area contributed by atoms with Crippen molar-refractivity contribution in [3.63, 3.8) is 0 Å². The van der Waals surface area contributed by atoms with Crippen molar-refractivity contribution < 1.29 is 4.79 Å². The number of halogens is 1. The summed E-state index contributed by atoms with van der Waals surface area (Å²) in [7, 11) is 0. The molecule has 0 heterocycles. The number of amides is 1. The van der Waals surface area contributed by atoms with E-state index in [0.717, 1.165) is 10.0 Å². The van der Waals surface area contributed by atoms with Crippen molar-refractivity contribution in [3.05, 3.63) is 78.0 Å². The molecule has 0 saturated heterocycles. The van der Waals surface area contributed by atoms with Gasteiger partial charge in [-0.25, -0.2) is 0 Å². The smallest absolute Gasteiger partial charge is 0.255 e. The maximum atomic E-state index is 11.8. The molecule has 3 heteroatoms. The van der Waals surface area contributed by atoms with E-state index in [1.807, 2.05) is 48.5 Å². The number of benzene rings is 2. The van der Waals surface area contributed by atoms with Gasteiger partial charge in [0.05, 0.1) is 0 Å². The third-order valence-electron chi connectivity index (χ3n) is 2.42. The fourth-order valence-corrected chi connectivity index (χ4v) is 1.86. The van der Waals surface area contributed by atoms with Crippen LogP contribution in [0, 0.1) is 0 Å². The van der Waals surface area contributed by atoms with Crippen molar-refractivity contribution in [1.29, 1.82) is 0 Å². The third-order valence-corrected chi connectivity index (χ3v) is 3.10. The van der Waals surface area contributed by atoms with E-state index in [9.17, 15) is 4.79 Å². The Morgan fingerprint density at radius 3 is 1.94 bits per heavy atom. The van der Waals surface area contributed by atoms with Gasteiger partial charge in [-0.3, -0.25) is 4.79 Å². The summed E-state index contributed by atoms with van der Waals surface area (Å²) >= 11 is 3.43. The number of carbonyl (C=O) groups is 1. The summed E-state index contributed by atoms with van der Waals surface area (Å²) in [5, 5.41) is 2.75. The molecule has 18 heavy (non-hydrogen) atoms. The second kappa shape index (κ2) is 6.17. The Kier molecular flexibility index (Phi) is 4.31. The van der Waals surface area contributed by atoms with E-state index < -0.39 is 0 Å². The standard InChI is InChI=1S/C15H12BrNO/c16-14(12-7-3-1-4-8-12)11-17-15(18)13-9-5-2-6-10-13/h1-11H,(H,17,18). The Hall–Kier alpha value is -1.87. The summed E-state index contributed by atoms with van der Waals surface area (Å²) in [6.45, 7) is 0. The van der Waals surface area contributed by atoms with Crippen LogP contribution in [0.3, 0.4) is 0 Å². The van der Waals surface area contributed by atoms with Crippen LogP contribution in [0.15, 0.2) is 66.9 Å². The number of nitrogens with one attached hydrogen (secondary N) is 1. The van der Waals surface area contributed by atoms with Crippen LogP contribution in [0.4, 0.5) is 0 Å². The SMILES string of the molecule is O=C(NC=C(Br)c1ccccc1)c1ccccc1. The Bertz CT molecular complexity index is 549. The molecular formula is C15H12BrNO. The molecule has 0 atom stereocenters. The van der Waals surface area contributed by atoms with Crippen molar-refractivity contribution in [2.45, 2.75) is 0 Å². The predicted octanol–water partition coefficient (Wildman–Crippen LogP) is 3.81. The topological polar surface area (TPSA) is 29.1 Å². The molecule has 1 amide bonds. The van der Waals surface area contributed by atoms with Crippen LogP contribution in [-0.4, -0.2) is 5.91 Å². The van der Waals surface area contributed by atoms with Gasteiger partial charge in [-0.15, -0.1) is 0 Å². The zero-order valence-corrected chi connectivity index (χ0v) is 11.2. The Balaban J connectivity index is 2.05. The van der Waals surface area contributed by atoms with Crippen molar-refractivity contribution in [1.82, 2.24) is 5.32 Å². The van der Waals surface area contributed by atoms with E-state index in [0.29, 0.717) is 5.56 Å². The Labute approximate surface area is 114 Å².